The second kappa shape index (κ2) is 5.65. The fourth-order valence-electron chi connectivity index (χ4n) is 2.11. The molecule has 0 aliphatic rings. The Kier molecular flexibility index (Phi) is 3.95. The van der Waals surface area contributed by atoms with Crippen LogP contribution in [0.3, 0.4) is 0 Å². The summed E-state index contributed by atoms with van der Waals surface area (Å²) in [6, 6.07) is 11.5. The maximum atomic E-state index is 12.2. The van der Waals surface area contributed by atoms with Crippen LogP contribution in [-0.4, -0.2) is 10.9 Å². The van der Waals surface area contributed by atoms with Crippen molar-refractivity contribution in [1.29, 1.82) is 0 Å². The van der Waals surface area contributed by atoms with Crippen molar-refractivity contribution in [2.24, 2.45) is 0 Å². The van der Waals surface area contributed by atoms with E-state index in [1.807, 2.05) is 44.2 Å². The fraction of sp³-hybridized carbons (Fsp3) is 0.250. The molecule has 0 unspecified atom stereocenters. The van der Waals surface area contributed by atoms with Gasteiger partial charge in [0, 0.05) is 6.54 Å². The van der Waals surface area contributed by atoms with Gasteiger partial charge in [0.2, 0.25) is 0 Å². The van der Waals surface area contributed by atoms with Crippen molar-refractivity contribution in [2.75, 3.05) is 0 Å². The van der Waals surface area contributed by atoms with Crippen LogP contribution >= 0.6 is 0 Å². The quantitative estimate of drug-likeness (QED) is 0.788. The van der Waals surface area contributed by atoms with Crippen molar-refractivity contribution in [2.45, 2.75) is 26.8 Å². The van der Waals surface area contributed by atoms with Crippen LogP contribution in [0.4, 0.5) is 0 Å². The molecule has 1 aromatic carbocycles. The predicted molar refractivity (Wildman–Crippen MR) is 76.6 cm³/mol. The molecule has 0 aliphatic heterocycles. The number of hydrogen-bond donors (Lipinski definition) is 0. The SMILES string of the molecule is CCCn1c(-c2ccc(C)cc2)ccc(C=O)c1=O. The first kappa shape index (κ1) is 13.3. The number of rotatable bonds is 4. The molecular weight excluding hydrogens is 238 g/mol. The molecule has 0 bridgehead atoms. The molecule has 0 saturated heterocycles. The molecule has 0 amide bonds. The van der Waals surface area contributed by atoms with E-state index in [1.165, 1.54) is 5.56 Å². The van der Waals surface area contributed by atoms with E-state index in [0.717, 1.165) is 17.7 Å². The largest absolute Gasteiger partial charge is 0.308 e. The van der Waals surface area contributed by atoms with Gasteiger partial charge in [-0.2, -0.15) is 0 Å². The number of benzene rings is 1. The number of aldehydes is 1. The van der Waals surface area contributed by atoms with Crippen molar-refractivity contribution < 1.29 is 4.79 Å². The maximum Gasteiger partial charge on any atom is 0.261 e. The standard InChI is InChI=1S/C16H17NO2/c1-3-10-17-15(9-8-14(11-18)16(17)19)13-6-4-12(2)5-7-13/h4-9,11H,3,10H2,1-2H3. The first-order valence-corrected chi connectivity index (χ1v) is 6.43. The summed E-state index contributed by atoms with van der Waals surface area (Å²) < 4.78 is 1.67. The van der Waals surface area contributed by atoms with Crippen molar-refractivity contribution >= 4 is 6.29 Å². The normalized spacial score (nSPS) is 10.4. The first-order chi connectivity index (χ1) is 9.17. The second-order valence-electron chi connectivity index (χ2n) is 4.61. The lowest BCUT2D eigenvalue weighted by Crippen LogP contribution is -2.24. The highest BCUT2D eigenvalue weighted by molar-refractivity contribution is 5.75. The molecule has 2 rings (SSSR count). The highest BCUT2D eigenvalue weighted by atomic mass is 16.1. The van der Waals surface area contributed by atoms with Crippen LogP contribution in [0.1, 0.15) is 29.3 Å². The average Bonchev–Trinajstić information content (AvgIpc) is 2.42. The van der Waals surface area contributed by atoms with Gasteiger partial charge in [-0.25, -0.2) is 0 Å². The molecule has 0 saturated carbocycles. The second-order valence-corrected chi connectivity index (χ2v) is 4.61. The summed E-state index contributed by atoms with van der Waals surface area (Å²) in [5, 5.41) is 0. The summed E-state index contributed by atoms with van der Waals surface area (Å²) in [6.07, 6.45) is 1.47. The van der Waals surface area contributed by atoms with E-state index in [1.54, 1.807) is 10.6 Å². The number of aromatic nitrogens is 1. The van der Waals surface area contributed by atoms with E-state index < -0.39 is 0 Å². The predicted octanol–water partition coefficient (Wildman–Crippen LogP) is 3.05. The zero-order valence-electron chi connectivity index (χ0n) is 11.2. The number of nitrogens with zero attached hydrogens (tertiary/aromatic N) is 1. The summed E-state index contributed by atoms with van der Waals surface area (Å²) in [4.78, 5) is 23.0. The Morgan fingerprint density at radius 3 is 2.37 bits per heavy atom. The Morgan fingerprint density at radius 1 is 1.11 bits per heavy atom. The van der Waals surface area contributed by atoms with E-state index in [4.69, 9.17) is 0 Å². The van der Waals surface area contributed by atoms with Crippen LogP contribution < -0.4 is 5.56 Å². The first-order valence-electron chi connectivity index (χ1n) is 6.43. The zero-order valence-corrected chi connectivity index (χ0v) is 11.2. The molecule has 1 aromatic heterocycles. The van der Waals surface area contributed by atoms with Crippen molar-refractivity contribution in [3.8, 4) is 11.3 Å². The van der Waals surface area contributed by atoms with Gasteiger partial charge in [0.1, 0.15) is 0 Å². The lowest BCUT2D eigenvalue weighted by atomic mass is 10.1. The van der Waals surface area contributed by atoms with Crippen molar-refractivity contribution in [3.63, 3.8) is 0 Å². The number of carbonyl (C=O) groups excluding carboxylic acids is 1. The van der Waals surface area contributed by atoms with Gasteiger partial charge in [-0.1, -0.05) is 36.8 Å². The van der Waals surface area contributed by atoms with Crippen LogP contribution in [-0.2, 0) is 6.54 Å². The maximum absolute atomic E-state index is 12.2. The van der Waals surface area contributed by atoms with Crippen LogP contribution in [0.2, 0.25) is 0 Å². The Hall–Kier alpha value is -2.16. The Labute approximate surface area is 112 Å². The lowest BCUT2D eigenvalue weighted by molar-refractivity contribution is 0.112. The average molecular weight is 255 g/mol. The molecule has 3 heteroatoms. The fourth-order valence-corrected chi connectivity index (χ4v) is 2.11. The van der Waals surface area contributed by atoms with Gasteiger partial charge in [-0.05, 0) is 31.0 Å². The molecule has 0 fully saturated rings. The highest BCUT2D eigenvalue weighted by Crippen LogP contribution is 2.19. The number of pyridine rings is 1. The van der Waals surface area contributed by atoms with Gasteiger partial charge < -0.3 is 4.57 Å². The molecular formula is C16H17NO2. The molecule has 1 heterocycles. The molecule has 19 heavy (non-hydrogen) atoms. The summed E-state index contributed by atoms with van der Waals surface area (Å²) in [6.45, 7) is 4.65. The third-order valence-electron chi connectivity index (χ3n) is 3.13. The Morgan fingerprint density at radius 2 is 1.79 bits per heavy atom. The van der Waals surface area contributed by atoms with Crippen LogP contribution in [0.15, 0.2) is 41.2 Å². The van der Waals surface area contributed by atoms with Gasteiger partial charge in [0.05, 0.1) is 11.3 Å². The Balaban J connectivity index is 2.62. The monoisotopic (exact) mass is 255 g/mol. The summed E-state index contributed by atoms with van der Waals surface area (Å²) >= 11 is 0. The van der Waals surface area contributed by atoms with Crippen molar-refractivity contribution in [1.82, 2.24) is 4.57 Å². The zero-order chi connectivity index (χ0) is 13.8. The molecule has 3 nitrogen and oxygen atoms in total. The minimum absolute atomic E-state index is 0.212. The van der Waals surface area contributed by atoms with Crippen LogP contribution in [0, 0.1) is 6.92 Å². The molecule has 0 radical (unpaired) electrons. The lowest BCUT2D eigenvalue weighted by Gasteiger charge is -2.13. The minimum Gasteiger partial charge on any atom is -0.308 e. The number of carbonyl (C=O) groups is 1. The topological polar surface area (TPSA) is 39.1 Å². The van der Waals surface area contributed by atoms with E-state index in [2.05, 4.69) is 0 Å². The van der Waals surface area contributed by atoms with E-state index in [0.29, 0.717) is 12.8 Å². The van der Waals surface area contributed by atoms with Gasteiger partial charge in [0.15, 0.2) is 6.29 Å². The van der Waals surface area contributed by atoms with Crippen LogP contribution in [0.25, 0.3) is 11.3 Å². The van der Waals surface area contributed by atoms with Gasteiger partial charge in [-0.3, -0.25) is 9.59 Å². The number of aryl methyl sites for hydroxylation is 1. The summed E-state index contributed by atoms with van der Waals surface area (Å²) in [5.41, 5.74) is 3.03. The van der Waals surface area contributed by atoms with Crippen molar-refractivity contribution in [3.05, 3.63) is 57.9 Å². The number of hydrogen-bond acceptors (Lipinski definition) is 2. The summed E-state index contributed by atoms with van der Waals surface area (Å²) in [5.74, 6) is 0. The molecule has 0 N–H and O–H groups in total. The van der Waals surface area contributed by atoms with E-state index in [-0.39, 0.29) is 11.1 Å². The molecule has 0 atom stereocenters. The molecule has 0 aliphatic carbocycles. The van der Waals surface area contributed by atoms with E-state index in [9.17, 15) is 9.59 Å². The van der Waals surface area contributed by atoms with Gasteiger partial charge >= 0.3 is 0 Å². The molecule has 0 spiro atoms. The minimum atomic E-state index is -0.213. The molecule has 98 valence electrons. The van der Waals surface area contributed by atoms with Gasteiger partial charge in [-0.15, -0.1) is 0 Å². The molecule has 2 aromatic rings. The van der Waals surface area contributed by atoms with E-state index >= 15 is 0 Å². The smallest absolute Gasteiger partial charge is 0.261 e. The summed E-state index contributed by atoms with van der Waals surface area (Å²) in [7, 11) is 0. The Bertz CT molecular complexity index is 639. The highest BCUT2D eigenvalue weighted by Gasteiger charge is 2.09. The van der Waals surface area contributed by atoms with Crippen LogP contribution in [0.5, 0.6) is 0 Å². The van der Waals surface area contributed by atoms with Gasteiger partial charge in [0.25, 0.3) is 5.56 Å². The third kappa shape index (κ3) is 2.65. The third-order valence-corrected chi connectivity index (χ3v) is 3.13.